The van der Waals surface area contributed by atoms with Gasteiger partial charge in [-0.15, -0.1) is 11.8 Å². The predicted molar refractivity (Wildman–Crippen MR) is 108 cm³/mol. The van der Waals surface area contributed by atoms with Crippen molar-refractivity contribution in [2.45, 2.75) is 60.1 Å². The lowest BCUT2D eigenvalue weighted by molar-refractivity contribution is -0.115. The first-order chi connectivity index (χ1) is 12.9. The lowest BCUT2D eigenvalue weighted by atomic mass is 10.0. The van der Waals surface area contributed by atoms with Crippen LogP contribution in [0.25, 0.3) is 0 Å². The standard InChI is InChI=1S/C19H27N3O3S2/c1-14-19(23)20-17-6-5-16(13-18(17)26-14)27(24,25)22-11-7-15(8-12-22)21-9-3-2-4-10-21/h5-6,13-15H,2-4,7-12H2,1H3,(H,20,23). The fourth-order valence-electron chi connectivity index (χ4n) is 4.22. The van der Waals surface area contributed by atoms with Crippen LogP contribution in [0.4, 0.5) is 5.69 Å². The van der Waals surface area contributed by atoms with Crippen LogP contribution in [-0.4, -0.2) is 61.0 Å². The molecule has 8 heteroatoms. The third-order valence-electron chi connectivity index (χ3n) is 5.85. The summed E-state index contributed by atoms with van der Waals surface area (Å²) >= 11 is 1.41. The average Bonchev–Trinajstić information content (AvgIpc) is 2.69. The zero-order valence-electron chi connectivity index (χ0n) is 15.7. The van der Waals surface area contributed by atoms with Gasteiger partial charge in [0.25, 0.3) is 0 Å². The second kappa shape index (κ2) is 7.73. The van der Waals surface area contributed by atoms with E-state index in [2.05, 4.69) is 10.2 Å². The molecular weight excluding hydrogens is 382 g/mol. The monoisotopic (exact) mass is 409 g/mol. The van der Waals surface area contributed by atoms with Crippen molar-refractivity contribution in [2.75, 3.05) is 31.5 Å². The van der Waals surface area contributed by atoms with Crippen LogP contribution in [0.15, 0.2) is 28.0 Å². The average molecular weight is 410 g/mol. The highest BCUT2D eigenvalue weighted by molar-refractivity contribution is 8.01. The summed E-state index contributed by atoms with van der Waals surface area (Å²) in [5, 5.41) is 2.62. The van der Waals surface area contributed by atoms with Gasteiger partial charge in [-0.1, -0.05) is 6.42 Å². The molecule has 3 aliphatic rings. The Morgan fingerprint density at radius 2 is 1.78 bits per heavy atom. The van der Waals surface area contributed by atoms with Crippen molar-refractivity contribution in [2.24, 2.45) is 0 Å². The molecule has 0 aliphatic carbocycles. The Balaban J connectivity index is 1.46. The van der Waals surface area contributed by atoms with E-state index in [9.17, 15) is 13.2 Å². The van der Waals surface area contributed by atoms with Gasteiger partial charge in [0, 0.05) is 24.0 Å². The molecular formula is C19H27N3O3S2. The highest BCUT2D eigenvalue weighted by Gasteiger charge is 2.33. The van der Waals surface area contributed by atoms with Crippen molar-refractivity contribution in [3.8, 4) is 0 Å². The first kappa shape index (κ1) is 19.2. The van der Waals surface area contributed by atoms with E-state index < -0.39 is 10.0 Å². The van der Waals surface area contributed by atoms with Gasteiger partial charge in [-0.2, -0.15) is 4.31 Å². The number of nitrogens with one attached hydrogen (secondary N) is 1. The van der Waals surface area contributed by atoms with Crippen LogP contribution in [0, 0.1) is 0 Å². The highest BCUT2D eigenvalue weighted by Crippen LogP contribution is 2.37. The van der Waals surface area contributed by atoms with Crippen LogP contribution in [0.2, 0.25) is 0 Å². The minimum Gasteiger partial charge on any atom is -0.324 e. The topological polar surface area (TPSA) is 69.7 Å². The number of hydrogen-bond donors (Lipinski definition) is 1. The van der Waals surface area contributed by atoms with Crippen LogP contribution in [0.5, 0.6) is 0 Å². The van der Waals surface area contributed by atoms with Crippen molar-refractivity contribution >= 4 is 33.4 Å². The molecule has 0 bridgehead atoms. The summed E-state index contributed by atoms with van der Waals surface area (Å²) in [5.74, 6) is -0.0390. The lowest BCUT2D eigenvalue weighted by Crippen LogP contribution is -2.48. The molecule has 2 fully saturated rings. The number of benzene rings is 1. The number of thioether (sulfide) groups is 1. The fraction of sp³-hybridized carbons (Fsp3) is 0.632. The molecule has 148 valence electrons. The Labute approximate surface area is 165 Å². The van der Waals surface area contributed by atoms with Crippen LogP contribution in [0.1, 0.15) is 39.0 Å². The molecule has 1 N–H and O–H groups in total. The molecule has 0 saturated carbocycles. The minimum absolute atomic E-state index is 0.0390. The molecule has 27 heavy (non-hydrogen) atoms. The summed E-state index contributed by atoms with van der Waals surface area (Å²) < 4.78 is 27.9. The maximum Gasteiger partial charge on any atom is 0.243 e. The SMILES string of the molecule is CC1Sc2cc(S(=O)(=O)N3CCC(N4CCCCC4)CC3)ccc2NC1=O. The summed E-state index contributed by atoms with van der Waals surface area (Å²) in [5.41, 5.74) is 0.700. The van der Waals surface area contributed by atoms with E-state index in [4.69, 9.17) is 0 Å². The number of carbonyl (C=O) groups excluding carboxylic acids is 1. The number of hydrogen-bond acceptors (Lipinski definition) is 5. The first-order valence-electron chi connectivity index (χ1n) is 9.81. The molecule has 3 aliphatic heterocycles. The molecule has 0 spiro atoms. The zero-order valence-corrected chi connectivity index (χ0v) is 17.3. The van der Waals surface area contributed by atoms with E-state index in [1.807, 2.05) is 6.92 Å². The molecule has 1 amide bonds. The van der Waals surface area contributed by atoms with E-state index in [0.29, 0.717) is 29.7 Å². The molecule has 1 aromatic carbocycles. The molecule has 3 heterocycles. The largest absolute Gasteiger partial charge is 0.324 e. The van der Waals surface area contributed by atoms with E-state index in [1.54, 1.807) is 22.5 Å². The van der Waals surface area contributed by atoms with Crippen molar-refractivity contribution in [3.05, 3.63) is 18.2 Å². The van der Waals surface area contributed by atoms with Gasteiger partial charge in [0.2, 0.25) is 15.9 Å². The highest BCUT2D eigenvalue weighted by atomic mass is 32.2. The number of piperidine rings is 2. The molecule has 4 rings (SSSR count). The third kappa shape index (κ3) is 3.90. The summed E-state index contributed by atoms with van der Waals surface area (Å²) in [4.78, 5) is 15.5. The summed E-state index contributed by atoms with van der Waals surface area (Å²) in [6, 6.07) is 5.55. The number of anilines is 1. The number of nitrogens with zero attached hydrogens (tertiary/aromatic N) is 2. The summed E-state index contributed by atoms with van der Waals surface area (Å²) in [6.45, 7) is 5.31. The smallest absolute Gasteiger partial charge is 0.243 e. The fourth-order valence-corrected chi connectivity index (χ4v) is 6.78. The summed E-state index contributed by atoms with van der Waals surface area (Å²) in [6.07, 6.45) is 5.66. The second-order valence-electron chi connectivity index (χ2n) is 7.64. The number of rotatable bonds is 3. The Kier molecular flexibility index (Phi) is 5.51. The molecule has 1 aromatic rings. The van der Waals surface area contributed by atoms with Gasteiger partial charge >= 0.3 is 0 Å². The van der Waals surface area contributed by atoms with Gasteiger partial charge < -0.3 is 10.2 Å². The summed E-state index contributed by atoms with van der Waals surface area (Å²) in [7, 11) is -3.49. The van der Waals surface area contributed by atoms with E-state index in [0.717, 1.165) is 30.8 Å². The molecule has 1 unspecified atom stereocenters. The van der Waals surface area contributed by atoms with Crippen LogP contribution >= 0.6 is 11.8 Å². The minimum atomic E-state index is -3.49. The van der Waals surface area contributed by atoms with Gasteiger partial charge in [-0.3, -0.25) is 4.79 Å². The molecule has 0 radical (unpaired) electrons. The van der Waals surface area contributed by atoms with E-state index in [-0.39, 0.29) is 11.2 Å². The van der Waals surface area contributed by atoms with Crippen LogP contribution in [-0.2, 0) is 14.8 Å². The second-order valence-corrected chi connectivity index (χ2v) is 11.0. The van der Waals surface area contributed by atoms with Crippen LogP contribution in [0.3, 0.4) is 0 Å². The number of amides is 1. The molecule has 2 saturated heterocycles. The lowest BCUT2D eigenvalue weighted by Gasteiger charge is -2.39. The number of carbonyl (C=O) groups is 1. The van der Waals surface area contributed by atoms with Gasteiger partial charge in [0.1, 0.15) is 0 Å². The van der Waals surface area contributed by atoms with Gasteiger partial charge in [0.05, 0.1) is 15.8 Å². The maximum atomic E-state index is 13.1. The quantitative estimate of drug-likeness (QED) is 0.831. The van der Waals surface area contributed by atoms with Gasteiger partial charge in [0.15, 0.2) is 0 Å². The normalized spacial score (nSPS) is 25.8. The van der Waals surface area contributed by atoms with E-state index in [1.165, 1.54) is 31.0 Å². The van der Waals surface area contributed by atoms with Crippen molar-refractivity contribution < 1.29 is 13.2 Å². The Hall–Kier alpha value is -1.09. The van der Waals surface area contributed by atoms with E-state index >= 15 is 0 Å². The molecule has 6 nitrogen and oxygen atoms in total. The Morgan fingerprint density at radius 1 is 1.07 bits per heavy atom. The predicted octanol–water partition coefficient (Wildman–Crippen LogP) is 2.76. The van der Waals surface area contributed by atoms with Crippen LogP contribution < -0.4 is 5.32 Å². The number of sulfonamides is 1. The van der Waals surface area contributed by atoms with Crippen molar-refractivity contribution in [1.29, 1.82) is 0 Å². The van der Waals surface area contributed by atoms with Crippen molar-refractivity contribution in [3.63, 3.8) is 0 Å². The molecule has 1 atom stereocenters. The Bertz CT molecular complexity index is 813. The van der Waals surface area contributed by atoms with Crippen molar-refractivity contribution in [1.82, 2.24) is 9.21 Å². The maximum absolute atomic E-state index is 13.1. The van der Waals surface area contributed by atoms with Gasteiger partial charge in [-0.05, 0) is 63.9 Å². The number of fused-ring (bicyclic) bond motifs is 1. The number of likely N-dealkylation sites (tertiary alicyclic amines) is 1. The zero-order chi connectivity index (χ0) is 19.0. The third-order valence-corrected chi connectivity index (χ3v) is 8.91. The van der Waals surface area contributed by atoms with Gasteiger partial charge in [-0.25, -0.2) is 8.42 Å². The Morgan fingerprint density at radius 3 is 2.48 bits per heavy atom. The first-order valence-corrected chi connectivity index (χ1v) is 12.1. The molecule has 0 aromatic heterocycles.